The molecule has 0 atom stereocenters. The zero-order valence-corrected chi connectivity index (χ0v) is 6.70. The van der Waals surface area contributed by atoms with Gasteiger partial charge in [0, 0.05) is 0 Å². The minimum atomic E-state index is 0.803. The van der Waals surface area contributed by atoms with Crippen LogP contribution in [0.3, 0.4) is 0 Å². The minimum absolute atomic E-state index is 0.803. The van der Waals surface area contributed by atoms with Crippen molar-refractivity contribution in [2.24, 2.45) is 0 Å². The van der Waals surface area contributed by atoms with Crippen LogP contribution in [-0.4, -0.2) is 5.62 Å². The molecule has 0 saturated heterocycles. The second kappa shape index (κ2) is 2.92. The number of hydrogen-bond donors (Lipinski definition) is 0. The third-order valence-electron chi connectivity index (χ3n) is 1.17. The molecule has 2 nitrogen and oxygen atoms in total. The molecular weight excluding hydrogens is 148 g/mol. The van der Waals surface area contributed by atoms with Crippen LogP contribution in [0.2, 0.25) is 0 Å². The average Bonchev–Trinajstić information content (AvgIpc) is 2.13. The highest BCUT2D eigenvalue weighted by Gasteiger charge is 2.02. The zero-order valence-electron chi connectivity index (χ0n) is 5.88. The summed E-state index contributed by atoms with van der Waals surface area (Å²) in [7, 11) is 0. The Morgan fingerprint density at radius 2 is 2.30 bits per heavy atom. The third kappa shape index (κ3) is 1.42. The number of furan rings is 1. The van der Waals surface area contributed by atoms with Gasteiger partial charge in [-0.15, -0.1) is 0 Å². The Bertz CT molecular complexity index is 240. The van der Waals surface area contributed by atoms with E-state index in [0.29, 0.717) is 0 Å². The lowest BCUT2D eigenvalue weighted by atomic mass is 10.4. The van der Waals surface area contributed by atoms with Gasteiger partial charge in [0.15, 0.2) is 5.62 Å². The molecule has 0 N–H and O–H groups in total. The molecule has 0 aliphatic carbocycles. The van der Waals surface area contributed by atoms with Gasteiger partial charge in [-0.3, -0.25) is 4.79 Å². The highest BCUT2D eigenvalue weighted by atomic mass is 32.2. The maximum Gasteiger partial charge on any atom is 0.181 e. The van der Waals surface area contributed by atoms with E-state index in [2.05, 4.69) is 0 Å². The Kier molecular flexibility index (Phi) is 2.17. The van der Waals surface area contributed by atoms with Gasteiger partial charge in [-0.05, 0) is 19.9 Å². The maximum absolute atomic E-state index is 10.1. The van der Waals surface area contributed by atoms with Crippen LogP contribution in [-0.2, 0) is 4.79 Å². The van der Waals surface area contributed by atoms with E-state index in [1.54, 1.807) is 0 Å². The van der Waals surface area contributed by atoms with Crippen LogP contribution >= 0.6 is 11.8 Å². The van der Waals surface area contributed by atoms with Gasteiger partial charge in [0.2, 0.25) is 0 Å². The first-order chi connectivity index (χ1) is 4.74. The van der Waals surface area contributed by atoms with Gasteiger partial charge in [0.25, 0.3) is 0 Å². The van der Waals surface area contributed by atoms with Crippen LogP contribution in [0.15, 0.2) is 15.4 Å². The van der Waals surface area contributed by atoms with Crippen molar-refractivity contribution in [1.29, 1.82) is 0 Å². The van der Waals surface area contributed by atoms with Crippen molar-refractivity contribution in [2.45, 2.75) is 18.7 Å². The molecule has 0 aliphatic rings. The first-order valence-corrected chi connectivity index (χ1v) is 3.79. The lowest BCUT2D eigenvalue weighted by Gasteiger charge is -1.85. The molecule has 3 heteroatoms. The molecule has 0 amide bonds. The summed E-state index contributed by atoms with van der Waals surface area (Å²) in [6, 6.07) is 1.86. The Labute approximate surface area is 63.6 Å². The summed E-state index contributed by atoms with van der Waals surface area (Å²) in [5.41, 5.74) is 0.803. The van der Waals surface area contributed by atoms with Crippen molar-refractivity contribution in [1.82, 2.24) is 0 Å². The summed E-state index contributed by atoms with van der Waals surface area (Å²) in [6.45, 7) is 3.71. The van der Waals surface area contributed by atoms with E-state index in [-0.39, 0.29) is 0 Å². The smallest absolute Gasteiger partial charge is 0.181 e. The maximum atomic E-state index is 10.1. The topological polar surface area (TPSA) is 30.2 Å². The summed E-state index contributed by atoms with van der Waals surface area (Å²) < 4.78 is 5.19. The van der Waals surface area contributed by atoms with Gasteiger partial charge >= 0.3 is 0 Å². The lowest BCUT2D eigenvalue weighted by molar-refractivity contribution is 0.498. The lowest BCUT2D eigenvalue weighted by Crippen LogP contribution is -1.67. The number of carbonyl (C=O) groups excluding carboxylic acids is 1. The second-order valence-electron chi connectivity index (χ2n) is 1.99. The van der Waals surface area contributed by atoms with Crippen LogP contribution in [0.1, 0.15) is 11.5 Å². The molecule has 0 unspecified atom stereocenters. The fourth-order valence-corrected chi connectivity index (χ4v) is 1.32. The van der Waals surface area contributed by atoms with Gasteiger partial charge in [-0.1, -0.05) is 11.8 Å². The van der Waals surface area contributed by atoms with Crippen LogP contribution in [0, 0.1) is 13.8 Å². The number of carbonyl (C=O) groups is 1. The van der Waals surface area contributed by atoms with E-state index in [4.69, 9.17) is 4.42 Å². The van der Waals surface area contributed by atoms with Gasteiger partial charge in [-0.2, -0.15) is 0 Å². The average molecular weight is 156 g/mol. The molecule has 0 aliphatic heterocycles. The van der Waals surface area contributed by atoms with Crippen molar-refractivity contribution in [3.05, 3.63) is 17.6 Å². The fraction of sp³-hybridized carbons (Fsp3) is 0.286. The van der Waals surface area contributed by atoms with Crippen molar-refractivity contribution >= 4 is 17.4 Å². The Balaban J connectivity index is 2.91. The largest absolute Gasteiger partial charge is 0.465 e. The Hall–Kier alpha value is -0.700. The van der Waals surface area contributed by atoms with Crippen LogP contribution in [0.25, 0.3) is 0 Å². The predicted molar refractivity (Wildman–Crippen MR) is 40.8 cm³/mol. The number of rotatable bonds is 2. The van der Waals surface area contributed by atoms with Crippen LogP contribution in [0.5, 0.6) is 0 Å². The Morgan fingerprint density at radius 3 is 2.70 bits per heavy atom. The summed E-state index contributed by atoms with van der Waals surface area (Å²) in [5.74, 6) is 1.66. The standard InChI is InChI=1S/C7H8O2S/c1-5-3-7(10-4-8)6(2)9-5/h3-4H,1-2H3. The number of hydrogen-bond acceptors (Lipinski definition) is 3. The predicted octanol–water partition coefficient (Wildman–Crippen LogP) is 2.18. The fourth-order valence-electron chi connectivity index (χ4n) is 0.776. The van der Waals surface area contributed by atoms with Gasteiger partial charge in [0.05, 0.1) is 4.90 Å². The molecule has 1 heterocycles. The summed E-state index contributed by atoms with van der Waals surface area (Å²) >= 11 is 1.15. The SMILES string of the molecule is Cc1cc(SC=O)c(C)o1. The van der Waals surface area contributed by atoms with Crippen molar-refractivity contribution in [3.63, 3.8) is 0 Å². The number of aryl methyl sites for hydroxylation is 2. The molecule has 0 radical (unpaired) electrons. The van der Waals surface area contributed by atoms with Crippen molar-refractivity contribution < 1.29 is 9.21 Å². The van der Waals surface area contributed by atoms with Gasteiger partial charge in [0.1, 0.15) is 11.5 Å². The van der Waals surface area contributed by atoms with Crippen molar-refractivity contribution in [2.75, 3.05) is 0 Å². The van der Waals surface area contributed by atoms with Crippen LogP contribution < -0.4 is 0 Å². The van der Waals surface area contributed by atoms with E-state index in [1.807, 2.05) is 19.9 Å². The van der Waals surface area contributed by atoms with E-state index >= 15 is 0 Å². The van der Waals surface area contributed by atoms with E-state index in [9.17, 15) is 4.79 Å². The molecule has 0 spiro atoms. The molecule has 10 heavy (non-hydrogen) atoms. The molecule has 0 saturated carbocycles. The quantitative estimate of drug-likeness (QED) is 0.485. The van der Waals surface area contributed by atoms with Gasteiger partial charge < -0.3 is 4.42 Å². The molecule has 54 valence electrons. The molecule has 0 bridgehead atoms. The monoisotopic (exact) mass is 156 g/mol. The highest BCUT2D eigenvalue weighted by molar-refractivity contribution is 8.11. The molecule has 1 aromatic heterocycles. The van der Waals surface area contributed by atoms with Gasteiger partial charge in [-0.25, -0.2) is 0 Å². The molecule has 0 fully saturated rings. The normalized spacial score (nSPS) is 9.80. The first-order valence-electron chi connectivity index (χ1n) is 2.91. The van der Waals surface area contributed by atoms with E-state index in [1.165, 1.54) is 0 Å². The van der Waals surface area contributed by atoms with E-state index < -0.39 is 0 Å². The first kappa shape index (κ1) is 7.41. The summed E-state index contributed by atoms with van der Waals surface area (Å²) in [6.07, 6.45) is 0. The molecule has 1 rings (SSSR count). The second-order valence-corrected chi connectivity index (χ2v) is 2.86. The highest BCUT2D eigenvalue weighted by Crippen LogP contribution is 2.23. The molecule has 1 aromatic rings. The summed E-state index contributed by atoms with van der Waals surface area (Å²) in [4.78, 5) is 11.0. The Morgan fingerprint density at radius 1 is 1.60 bits per heavy atom. The number of thioether (sulfide) groups is 1. The molecular formula is C7H8O2S. The van der Waals surface area contributed by atoms with E-state index in [0.717, 1.165) is 33.8 Å². The van der Waals surface area contributed by atoms with Crippen LogP contribution in [0.4, 0.5) is 0 Å². The third-order valence-corrected chi connectivity index (χ3v) is 1.93. The molecule has 0 aromatic carbocycles. The van der Waals surface area contributed by atoms with Crippen molar-refractivity contribution in [3.8, 4) is 0 Å². The zero-order chi connectivity index (χ0) is 7.56. The summed E-state index contributed by atoms with van der Waals surface area (Å²) in [5, 5.41) is 0. The minimum Gasteiger partial charge on any atom is -0.465 e.